The van der Waals surface area contributed by atoms with E-state index in [1.807, 2.05) is 0 Å². The lowest BCUT2D eigenvalue weighted by atomic mass is 10.1. The molecule has 0 bridgehead atoms. The molecular weight excluding hydrogens is 220 g/mol. The lowest BCUT2D eigenvalue weighted by molar-refractivity contribution is -0.164. The number of aliphatic hydroxyl groups excluding tert-OH is 2. The predicted octanol–water partition coefficient (Wildman–Crippen LogP) is 2.37. The van der Waals surface area contributed by atoms with Gasteiger partial charge in [0.05, 0.1) is 6.10 Å². The number of esters is 1. The van der Waals surface area contributed by atoms with E-state index in [1.54, 1.807) is 0 Å². The quantitative estimate of drug-likeness (QED) is 0.353. The fraction of sp³-hybridized carbons (Fsp3) is 0.923. The Morgan fingerprint density at radius 2 is 1.76 bits per heavy atom. The van der Waals surface area contributed by atoms with E-state index in [2.05, 4.69) is 11.7 Å². The molecule has 4 nitrogen and oxygen atoms in total. The van der Waals surface area contributed by atoms with Gasteiger partial charge in [0, 0.05) is 6.42 Å². The number of hydrogen-bond donors (Lipinski definition) is 2. The summed E-state index contributed by atoms with van der Waals surface area (Å²) in [5.41, 5.74) is 0. The monoisotopic (exact) mass is 246 g/mol. The van der Waals surface area contributed by atoms with Crippen LogP contribution in [0.4, 0.5) is 0 Å². The first-order chi connectivity index (χ1) is 8.06. The standard InChI is InChI=1S/C13H26O4/c1-3-8-12(15)9-6-4-5-7-10-13(16)17-11(2)14/h11-12,14-15H,3-10H2,1-2H3. The van der Waals surface area contributed by atoms with E-state index in [0.29, 0.717) is 6.42 Å². The lowest BCUT2D eigenvalue weighted by Crippen LogP contribution is -2.13. The third-order valence-corrected chi connectivity index (χ3v) is 2.59. The van der Waals surface area contributed by atoms with Crippen molar-refractivity contribution in [1.29, 1.82) is 0 Å². The Kier molecular flexibility index (Phi) is 10.2. The smallest absolute Gasteiger partial charge is 0.308 e. The van der Waals surface area contributed by atoms with Crippen LogP contribution in [0.1, 0.15) is 65.2 Å². The summed E-state index contributed by atoms with van der Waals surface area (Å²) in [5, 5.41) is 18.3. The fourth-order valence-corrected chi connectivity index (χ4v) is 1.73. The molecule has 2 unspecified atom stereocenters. The Morgan fingerprint density at radius 1 is 1.12 bits per heavy atom. The average molecular weight is 246 g/mol. The van der Waals surface area contributed by atoms with Crippen LogP contribution >= 0.6 is 0 Å². The first kappa shape index (κ1) is 16.4. The Bertz CT molecular complexity index is 192. The van der Waals surface area contributed by atoms with Gasteiger partial charge >= 0.3 is 5.97 Å². The fourth-order valence-electron chi connectivity index (χ4n) is 1.73. The summed E-state index contributed by atoms with van der Waals surface area (Å²) >= 11 is 0. The first-order valence-electron chi connectivity index (χ1n) is 6.61. The first-order valence-corrected chi connectivity index (χ1v) is 6.61. The number of hydrogen-bond acceptors (Lipinski definition) is 4. The van der Waals surface area contributed by atoms with E-state index in [9.17, 15) is 9.90 Å². The SMILES string of the molecule is CCCC(O)CCCCCCC(=O)OC(C)O. The topological polar surface area (TPSA) is 66.8 Å². The Balaban J connectivity index is 3.26. The van der Waals surface area contributed by atoms with Crippen LogP contribution in [-0.2, 0) is 9.53 Å². The van der Waals surface area contributed by atoms with Gasteiger partial charge in [-0.3, -0.25) is 4.79 Å². The summed E-state index contributed by atoms with van der Waals surface area (Å²) in [6, 6.07) is 0. The number of carbonyl (C=O) groups excluding carboxylic acids is 1. The molecule has 102 valence electrons. The van der Waals surface area contributed by atoms with Crippen molar-refractivity contribution in [1.82, 2.24) is 0 Å². The van der Waals surface area contributed by atoms with Gasteiger partial charge in [0.15, 0.2) is 6.29 Å². The highest BCUT2D eigenvalue weighted by molar-refractivity contribution is 5.69. The van der Waals surface area contributed by atoms with Gasteiger partial charge in [-0.2, -0.15) is 0 Å². The van der Waals surface area contributed by atoms with Gasteiger partial charge < -0.3 is 14.9 Å². The molecule has 0 radical (unpaired) electrons. The van der Waals surface area contributed by atoms with Crippen molar-refractivity contribution in [3.8, 4) is 0 Å². The van der Waals surface area contributed by atoms with Crippen molar-refractivity contribution in [2.24, 2.45) is 0 Å². The highest BCUT2D eigenvalue weighted by atomic mass is 16.6. The summed E-state index contributed by atoms with van der Waals surface area (Å²) in [6.45, 7) is 3.49. The second kappa shape index (κ2) is 10.5. The van der Waals surface area contributed by atoms with Crippen molar-refractivity contribution >= 4 is 5.97 Å². The van der Waals surface area contributed by atoms with Gasteiger partial charge in [0.25, 0.3) is 0 Å². The van der Waals surface area contributed by atoms with Gasteiger partial charge in [-0.15, -0.1) is 0 Å². The number of rotatable bonds is 10. The van der Waals surface area contributed by atoms with Gasteiger partial charge in [-0.25, -0.2) is 0 Å². The van der Waals surface area contributed by atoms with Crippen LogP contribution in [-0.4, -0.2) is 28.6 Å². The normalized spacial score (nSPS) is 14.4. The maximum atomic E-state index is 11.1. The second-order valence-electron chi connectivity index (χ2n) is 4.48. The van der Waals surface area contributed by atoms with E-state index in [1.165, 1.54) is 6.92 Å². The van der Waals surface area contributed by atoms with E-state index in [4.69, 9.17) is 5.11 Å². The third-order valence-electron chi connectivity index (χ3n) is 2.59. The Labute approximate surface area is 104 Å². The molecule has 0 saturated carbocycles. The van der Waals surface area contributed by atoms with Crippen LogP contribution in [0.5, 0.6) is 0 Å². The van der Waals surface area contributed by atoms with Crippen molar-refractivity contribution in [3.63, 3.8) is 0 Å². The molecule has 0 aromatic carbocycles. The molecule has 0 aliphatic carbocycles. The molecule has 0 aliphatic rings. The molecule has 0 rings (SSSR count). The predicted molar refractivity (Wildman–Crippen MR) is 66.4 cm³/mol. The summed E-state index contributed by atoms with van der Waals surface area (Å²) in [7, 11) is 0. The van der Waals surface area contributed by atoms with Gasteiger partial charge in [0.1, 0.15) is 0 Å². The van der Waals surface area contributed by atoms with Gasteiger partial charge in [-0.1, -0.05) is 32.6 Å². The zero-order valence-corrected chi connectivity index (χ0v) is 11.0. The van der Waals surface area contributed by atoms with Gasteiger partial charge in [0.2, 0.25) is 0 Å². The summed E-state index contributed by atoms with van der Waals surface area (Å²) < 4.78 is 4.60. The van der Waals surface area contributed by atoms with Crippen LogP contribution in [0.3, 0.4) is 0 Å². The second-order valence-corrected chi connectivity index (χ2v) is 4.48. The molecule has 0 aromatic heterocycles. The van der Waals surface area contributed by atoms with Crippen molar-refractivity contribution in [3.05, 3.63) is 0 Å². The minimum Gasteiger partial charge on any atom is -0.436 e. The molecule has 0 fully saturated rings. The van der Waals surface area contributed by atoms with E-state index in [0.717, 1.165) is 44.9 Å². The van der Waals surface area contributed by atoms with E-state index >= 15 is 0 Å². The molecule has 0 aliphatic heterocycles. The molecular formula is C13H26O4. The summed E-state index contributed by atoms with van der Waals surface area (Å²) in [4.78, 5) is 11.1. The number of ether oxygens (including phenoxy) is 1. The van der Waals surface area contributed by atoms with E-state index < -0.39 is 6.29 Å². The maximum absolute atomic E-state index is 11.1. The van der Waals surface area contributed by atoms with Crippen LogP contribution < -0.4 is 0 Å². The van der Waals surface area contributed by atoms with Crippen LogP contribution in [0.2, 0.25) is 0 Å². The highest BCUT2D eigenvalue weighted by Gasteiger charge is 2.06. The largest absolute Gasteiger partial charge is 0.436 e. The highest BCUT2D eigenvalue weighted by Crippen LogP contribution is 2.10. The Morgan fingerprint density at radius 3 is 2.35 bits per heavy atom. The van der Waals surface area contributed by atoms with Gasteiger partial charge in [-0.05, 0) is 26.2 Å². The zero-order chi connectivity index (χ0) is 13.1. The lowest BCUT2D eigenvalue weighted by Gasteiger charge is -2.08. The molecule has 0 aromatic rings. The summed E-state index contributed by atoms with van der Waals surface area (Å²) in [5.74, 6) is -0.342. The molecule has 4 heteroatoms. The van der Waals surface area contributed by atoms with E-state index in [-0.39, 0.29) is 12.1 Å². The molecule has 2 atom stereocenters. The average Bonchev–Trinajstić information content (AvgIpc) is 2.22. The third kappa shape index (κ3) is 11.6. The van der Waals surface area contributed by atoms with Crippen LogP contribution in [0.25, 0.3) is 0 Å². The van der Waals surface area contributed by atoms with Crippen molar-refractivity contribution in [2.45, 2.75) is 77.6 Å². The number of carbonyl (C=O) groups is 1. The maximum Gasteiger partial charge on any atom is 0.308 e. The number of aliphatic hydroxyl groups is 2. The number of unbranched alkanes of at least 4 members (excludes halogenated alkanes) is 3. The molecule has 17 heavy (non-hydrogen) atoms. The molecule has 2 N–H and O–H groups in total. The molecule has 0 heterocycles. The molecule has 0 spiro atoms. The molecule has 0 amide bonds. The van der Waals surface area contributed by atoms with Crippen molar-refractivity contribution < 1.29 is 19.7 Å². The molecule has 0 saturated heterocycles. The zero-order valence-electron chi connectivity index (χ0n) is 11.0. The van der Waals surface area contributed by atoms with Crippen LogP contribution in [0, 0.1) is 0 Å². The minimum absolute atomic E-state index is 0.166. The van der Waals surface area contributed by atoms with Crippen molar-refractivity contribution in [2.75, 3.05) is 0 Å². The van der Waals surface area contributed by atoms with Crippen LogP contribution in [0.15, 0.2) is 0 Å². The summed E-state index contributed by atoms with van der Waals surface area (Å²) in [6.07, 6.45) is 5.73. The minimum atomic E-state index is -1.01. The Hall–Kier alpha value is -0.610.